The maximum atomic E-state index is 5.63. The molecule has 2 heterocycles. The summed E-state index contributed by atoms with van der Waals surface area (Å²) < 4.78 is 0. The molecule has 0 aliphatic carbocycles. The zero-order valence-corrected chi connectivity index (χ0v) is 8.85. The fraction of sp³-hybridized carbons (Fsp3) is 0.333. The predicted molar refractivity (Wildman–Crippen MR) is 57.9 cm³/mol. The van der Waals surface area contributed by atoms with Crippen molar-refractivity contribution in [2.24, 2.45) is 0 Å². The average molecular weight is 195 g/mol. The number of hydrogen-bond acceptors (Lipinski definition) is 4. The van der Waals surface area contributed by atoms with Crippen LogP contribution in [0.25, 0.3) is 10.2 Å². The third kappa shape index (κ3) is 1.95. The van der Waals surface area contributed by atoms with Gasteiger partial charge < -0.3 is 5.73 Å². The molecule has 0 unspecified atom stereocenters. The summed E-state index contributed by atoms with van der Waals surface area (Å²) in [7, 11) is 0. The van der Waals surface area contributed by atoms with Gasteiger partial charge in [0.2, 0.25) is 0 Å². The van der Waals surface area contributed by atoms with E-state index in [0.717, 1.165) is 10.2 Å². The summed E-state index contributed by atoms with van der Waals surface area (Å²) in [5.74, 6) is 0.569. The highest BCUT2D eigenvalue weighted by atomic mass is 32.1. The second-order valence-corrected chi connectivity index (χ2v) is 3.57. The number of aryl methyl sites for hydroxylation is 1. The van der Waals surface area contributed by atoms with E-state index in [1.165, 1.54) is 11.2 Å². The molecule has 2 rings (SSSR count). The molecule has 0 saturated carbocycles. The maximum Gasteiger partial charge on any atom is 0.135 e. The molecule has 0 fully saturated rings. The van der Waals surface area contributed by atoms with Crippen LogP contribution in [0.1, 0.15) is 18.7 Å². The SMILES string of the molecule is CC.Cc1cc2c(N)ncnc2s1. The van der Waals surface area contributed by atoms with Crippen LogP contribution in [-0.4, -0.2) is 9.97 Å². The number of fused-ring (bicyclic) bond motifs is 1. The van der Waals surface area contributed by atoms with Crippen LogP contribution in [0.15, 0.2) is 12.4 Å². The number of aromatic nitrogens is 2. The van der Waals surface area contributed by atoms with Gasteiger partial charge in [0.1, 0.15) is 17.0 Å². The van der Waals surface area contributed by atoms with Gasteiger partial charge in [-0.3, -0.25) is 0 Å². The van der Waals surface area contributed by atoms with Crippen LogP contribution in [0.3, 0.4) is 0 Å². The molecule has 2 aromatic rings. The van der Waals surface area contributed by atoms with Crippen LogP contribution < -0.4 is 5.73 Å². The lowest BCUT2D eigenvalue weighted by molar-refractivity contribution is 1.24. The van der Waals surface area contributed by atoms with Crippen molar-refractivity contribution in [3.63, 3.8) is 0 Å². The Bertz CT molecular complexity index is 395. The van der Waals surface area contributed by atoms with Gasteiger partial charge in [-0.25, -0.2) is 9.97 Å². The minimum Gasteiger partial charge on any atom is -0.383 e. The molecule has 2 N–H and O–H groups in total. The summed E-state index contributed by atoms with van der Waals surface area (Å²) in [6.07, 6.45) is 1.49. The second-order valence-electron chi connectivity index (χ2n) is 2.33. The van der Waals surface area contributed by atoms with Crippen molar-refractivity contribution in [2.75, 3.05) is 5.73 Å². The fourth-order valence-corrected chi connectivity index (χ4v) is 1.85. The molecule has 0 aliphatic heterocycles. The van der Waals surface area contributed by atoms with Gasteiger partial charge in [-0.05, 0) is 13.0 Å². The standard InChI is InChI=1S/C7H7N3S.C2H6/c1-4-2-5-6(8)9-3-10-7(5)11-4;1-2/h2-3H,1H3,(H2,8,9,10);1-2H3. The smallest absolute Gasteiger partial charge is 0.135 e. The zero-order chi connectivity index (χ0) is 9.84. The summed E-state index contributed by atoms with van der Waals surface area (Å²) >= 11 is 1.64. The van der Waals surface area contributed by atoms with E-state index in [4.69, 9.17) is 5.73 Å². The Morgan fingerprint density at radius 2 is 2.00 bits per heavy atom. The van der Waals surface area contributed by atoms with Crippen LogP contribution in [-0.2, 0) is 0 Å². The van der Waals surface area contributed by atoms with E-state index in [9.17, 15) is 0 Å². The summed E-state index contributed by atoms with van der Waals surface area (Å²) in [5, 5.41) is 0.968. The Hall–Kier alpha value is -1.16. The van der Waals surface area contributed by atoms with Crippen molar-refractivity contribution in [3.05, 3.63) is 17.3 Å². The van der Waals surface area contributed by atoms with Crippen LogP contribution in [0.4, 0.5) is 5.82 Å². The van der Waals surface area contributed by atoms with Crippen molar-refractivity contribution >= 4 is 27.4 Å². The van der Waals surface area contributed by atoms with Crippen LogP contribution >= 0.6 is 11.3 Å². The van der Waals surface area contributed by atoms with Gasteiger partial charge in [0, 0.05) is 4.88 Å². The minimum atomic E-state index is 0.569. The first kappa shape index (κ1) is 9.92. The molecule has 4 heteroatoms. The van der Waals surface area contributed by atoms with Crippen molar-refractivity contribution in [3.8, 4) is 0 Å². The second kappa shape index (κ2) is 4.18. The molecule has 13 heavy (non-hydrogen) atoms. The summed E-state index contributed by atoms with van der Waals surface area (Å²) in [4.78, 5) is 10.2. The van der Waals surface area contributed by atoms with Gasteiger partial charge in [0.05, 0.1) is 5.39 Å². The maximum absolute atomic E-state index is 5.63. The lowest BCUT2D eigenvalue weighted by Crippen LogP contribution is -1.89. The fourth-order valence-electron chi connectivity index (χ4n) is 0.994. The Morgan fingerprint density at radius 3 is 2.62 bits per heavy atom. The Kier molecular flexibility index (Phi) is 3.19. The van der Waals surface area contributed by atoms with Crippen molar-refractivity contribution < 1.29 is 0 Å². The zero-order valence-electron chi connectivity index (χ0n) is 8.03. The Labute approximate surface area is 81.6 Å². The monoisotopic (exact) mass is 195 g/mol. The number of hydrogen-bond donors (Lipinski definition) is 1. The first-order valence-corrected chi connectivity index (χ1v) is 5.05. The molecule has 0 radical (unpaired) electrons. The molecule has 0 atom stereocenters. The first-order valence-electron chi connectivity index (χ1n) is 4.24. The lowest BCUT2D eigenvalue weighted by atomic mass is 10.3. The van der Waals surface area contributed by atoms with Crippen molar-refractivity contribution in [1.82, 2.24) is 9.97 Å². The van der Waals surface area contributed by atoms with E-state index >= 15 is 0 Å². The minimum absolute atomic E-state index is 0.569. The topological polar surface area (TPSA) is 51.8 Å². The van der Waals surface area contributed by atoms with E-state index in [1.807, 2.05) is 26.8 Å². The first-order chi connectivity index (χ1) is 6.27. The number of nitrogens with zero attached hydrogens (tertiary/aromatic N) is 2. The van der Waals surface area contributed by atoms with E-state index in [1.54, 1.807) is 11.3 Å². The molecule has 0 aromatic carbocycles. The average Bonchev–Trinajstić information content (AvgIpc) is 2.51. The third-order valence-corrected chi connectivity index (χ3v) is 2.44. The largest absolute Gasteiger partial charge is 0.383 e. The Morgan fingerprint density at radius 1 is 1.31 bits per heavy atom. The highest BCUT2D eigenvalue weighted by Gasteiger charge is 2.02. The molecule has 2 aromatic heterocycles. The molecule has 0 aliphatic rings. The number of rotatable bonds is 0. The number of nitrogens with two attached hydrogens (primary N) is 1. The highest BCUT2D eigenvalue weighted by molar-refractivity contribution is 7.18. The van der Waals surface area contributed by atoms with E-state index < -0.39 is 0 Å². The molecular weight excluding hydrogens is 182 g/mol. The van der Waals surface area contributed by atoms with Crippen molar-refractivity contribution in [1.29, 1.82) is 0 Å². The molecule has 3 nitrogen and oxygen atoms in total. The lowest BCUT2D eigenvalue weighted by Gasteiger charge is -1.90. The van der Waals surface area contributed by atoms with Gasteiger partial charge in [-0.2, -0.15) is 0 Å². The molecular formula is C9H13N3S. The number of thiophene rings is 1. The van der Waals surface area contributed by atoms with Gasteiger partial charge >= 0.3 is 0 Å². The van der Waals surface area contributed by atoms with Crippen LogP contribution in [0, 0.1) is 6.92 Å². The van der Waals surface area contributed by atoms with Gasteiger partial charge in [0.25, 0.3) is 0 Å². The van der Waals surface area contributed by atoms with Crippen molar-refractivity contribution in [2.45, 2.75) is 20.8 Å². The molecule has 0 spiro atoms. The molecule has 0 amide bonds. The number of nitrogen functional groups attached to an aromatic ring is 1. The summed E-state index contributed by atoms with van der Waals surface area (Å²) in [5.41, 5.74) is 5.63. The van der Waals surface area contributed by atoms with Gasteiger partial charge in [-0.1, -0.05) is 13.8 Å². The molecule has 0 bridgehead atoms. The number of anilines is 1. The van der Waals surface area contributed by atoms with Gasteiger partial charge in [0.15, 0.2) is 0 Å². The van der Waals surface area contributed by atoms with Gasteiger partial charge in [-0.15, -0.1) is 11.3 Å². The molecule has 70 valence electrons. The van der Waals surface area contributed by atoms with E-state index in [0.29, 0.717) is 5.82 Å². The highest BCUT2D eigenvalue weighted by Crippen LogP contribution is 2.25. The molecule has 0 saturated heterocycles. The normalized spacial score (nSPS) is 9.46. The predicted octanol–water partition coefficient (Wildman–Crippen LogP) is 2.61. The summed E-state index contributed by atoms with van der Waals surface area (Å²) in [6.45, 7) is 6.03. The Balaban J connectivity index is 0.000000396. The summed E-state index contributed by atoms with van der Waals surface area (Å²) in [6, 6.07) is 2.01. The quantitative estimate of drug-likeness (QED) is 0.703. The third-order valence-electron chi connectivity index (χ3n) is 1.48. The van der Waals surface area contributed by atoms with E-state index in [-0.39, 0.29) is 0 Å². The van der Waals surface area contributed by atoms with Crippen LogP contribution in [0.2, 0.25) is 0 Å². The van der Waals surface area contributed by atoms with Crippen LogP contribution in [0.5, 0.6) is 0 Å². The van der Waals surface area contributed by atoms with E-state index in [2.05, 4.69) is 9.97 Å².